The number of hydrogen-bond donors (Lipinski definition) is 1. The lowest BCUT2D eigenvalue weighted by atomic mass is 9.93. The fourth-order valence-corrected chi connectivity index (χ4v) is 7.35. The van der Waals surface area contributed by atoms with Crippen LogP contribution in [0, 0.1) is 0 Å². The van der Waals surface area contributed by atoms with Crippen molar-refractivity contribution in [3.63, 3.8) is 0 Å². The van der Waals surface area contributed by atoms with Crippen LogP contribution in [0.5, 0.6) is 0 Å². The first-order valence-corrected chi connectivity index (χ1v) is 10.9. The second-order valence-corrected chi connectivity index (χ2v) is 9.96. The zero-order chi connectivity index (χ0) is 13.9. The standard InChI is InChI=1S/C12H24N2O2S3/c1-2-19(15,16)11-8-17-7-5-14(11)12(9-13)4-3-6-18-10-12/h11H,2-10,13H2,1H3. The highest BCUT2D eigenvalue weighted by atomic mass is 32.2. The first-order chi connectivity index (χ1) is 9.06. The Hall–Kier alpha value is 0.570. The first kappa shape index (κ1) is 15.9. The van der Waals surface area contributed by atoms with Crippen LogP contribution in [0.2, 0.25) is 0 Å². The average Bonchev–Trinajstić information content (AvgIpc) is 2.48. The summed E-state index contributed by atoms with van der Waals surface area (Å²) >= 11 is 3.67. The van der Waals surface area contributed by atoms with Gasteiger partial charge in [-0.25, -0.2) is 8.42 Å². The van der Waals surface area contributed by atoms with Gasteiger partial charge in [0.1, 0.15) is 5.37 Å². The fourth-order valence-electron chi connectivity index (χ4n) is 2.96. The van der Waals surface area contributed by atoms with Gasteiger partial charge in [-0.3, -0.25) is 4.90 Å². The van der Waals surface area contributed by atoms with Gasteiger partial charge in [0.15, 0.2) is 9.84 Å². The number of nitrogens with two attached hydrogens (primary N) is 1. The lowest BCUT2D eigenvalue weighted by Gasteiger charge is -2.50. The van der Waals surface area contributed by atoms with E-state index in [2.05, 4.69) is 4.90 Å². The number of nitrogens with zero attached hydrogens (tertiary/aromatic N) is 1. The summed E-state index contributed by atoms with van der Waals surface area (Å²) in [7, 11) is -3.03. The molecule has 2 unspecified atom stereocenters. The summed E-state index contributed by atoms with van der Waals surface area (Å²) in [4.78, 5) is 2.23. The molecule has 0 spiro atoms. The van der Waals surface area contributed by atoms with Crippen LogP contribution in [0.15, 0.2) is 0 Å². The summed E-state index contributed by atoms with van der Waals surface area (Å²) in [5.41, 5.74) is 5.96. The lowest BCUT2D eigenvalue weighted by Crippen LogP contribution is -2.64. The number of rotatable bonds is 4. The molecule has 2 rings (SSSR count). The minimum Gasteiger partial charge on any atom is -0.329 e. The third-order valence-corrected chi connectivity index (χ3v) is 8.80. The SMILES string of the molecule is CCS(=O)(=O)C1CSCCN1C1(CN)CCCSC1. The number of thioether (sulfide) groups is 2. The molecule has 0 amide bonds. The predicted molar refractivity (Wildman–Crippen MR) is 85.6 cm³/mol. The number of hydrogen-bond acceptors (Lipinski definition) is 6. The minimum atomic E-state index is -3.03. The van der Waals surface area contributed by atoms with Crippen molar-refractivity contribution in [1.82, 2.24) is 4.90 Å². The van der Waals surface area contributed by atoms with Gasteiger partial charge in [-0.1, -0.05) is 6.92 Å². The summed E-state index contributed by atoms with van der Waals surface area (Å²) in [6, 6.07) is 0. The van der Waals surface area contributed by atoms with Gasteiger partial charge in [0.25, 0.3) is 0 Å². The van der Waals surface area contributed by atoms with Crippen molar-refractivity contribution in [2.24, 2.45) is 5.73 Å². The normalized spacial score (nSPS) is 34.3. The van der Waals surface area contributed by atoms with Crippen LogP contribution in [-0.4, -0.2) is 66.1 Å². The van der Waals surface area contributed by atoms with E-state index >= 15 is 0 Å². The van der Waals surface area contributed by atoms with Crippen LogP contribution in [0.3, 0.4) is 0 Å². The highest BCUT2D eigenvalue weighted by molar-refractivity contribution is 8.01. The summed E-state index contributed by atoms with van der Waals surface area (Å²) in [5.74, 6) is 4.09. The molecule has 112 valence electrons. The Morgan fingerprint density at radius 1 is 1.37 bits per heavy atom. The predicted octanol–water partition coefficient (Wildman–Crippen LogP) is 1.02. The number of sulfone groups is 1. The van der Waals surface area contributed by atoms with Crippen LogP contribution in [0.4, 0.5) is 0 Å². The third kappa shape index (κ3) is 3.26. The van der Waals surface area contributed by atoms with E-state index in [1.165, 1.54) is 5.75 Å². The molecule has 0 aliphatic carbocycles. The molecule has 2 saturated heterocycles. The molecule has 0 aromatic carbocycles. The van der Waals surface area contributed by atoms with E-state index < -0.39 is 9.84 Å². The highest BCUT2D eigenvalue weighted by Gasteiger charge is 2.45. The van der Waals surface area contributed by atoms with Gasteiger partial charge in [0, 0.05) is 41.6 Å². The van der Waals surface area contributed by atoms with Crippen LogP contribution >= 0.6 is 23.5 Å². The molecule has 0 radical (unpaired) electrons. The first-order valence-electron chi connectivity index (χ1n) is 6.89. The molecule has 0 saturated carbocycles. The summed E-state index contributed by atoms with van der Waals surface area (Å²) in [6.07, 6.45) is 2.18. The summed E-state index contributed by atoms with van der Waals surface area (Å²) < 4.78 is 24.7. The second kappa shape index (κ2) is 6.56. The highest BCUT2D eigenvalue weighted by Crippen LogP contribution is 2.36. The molecule has 2 aliphatic heterocycles. The van der Waals surface area contributed by atoms with Gasteiger partial charge in [0.2, 0.25) is 0 Å². The van der Waals surface area contributed by atoms with E-state index in [0.29, 0.717) is 12.3 Å². The topological polar surface area (TPSA) is 63.4 Å². The van der Waals surface area contributed by atoms with Crippen molar-refractivity contribution in [3.8, 4) is 0 Å². The van der Waals surface area contributed by atoms with Crippen molar-refractivity contribution in [2.75, 3.05) is 41.9 Å². The molecule has 0 aromatic heterocycles. The molecular weight excluding hydrogens is 300 g/mol. The van der Waals surface area contributed by atoms with Gasteiger partial charge in [-0.2, -0.15) is 23.5 Å². The molecule has 2 atom stereocenters. The van der Waals surface area contributed by atoms with Crippen LogP contribution in [0.25, 0.3) is 0 Å². The molecule has 2 aliphatic rings. The Labute approximate surface area is 125 Å². The van der Waals surface area contributed by atoms with Crippen molar-refractivity contribution in [3.05, 3.63) is 0 Å². The molecule has 0 aromatic rings. The van der Waals surface area contributed by atoms with E-state index in [1.54, 1.807) is 18.7 Å². The van der Waals surface area contributed by atoms with E-state index in [1.807, 2.05) is 11.8 Å². The van der Waals surface area contributed by atoms with Gasteiger partial charge in [0.05, 0.1) is 0 Å². The van der Waals surface area contributed by atoms with Gasteiger partial charge < -0.3 is 5.73 Å². The van der Waals surface area contributed by atoms with Gasteiger partial charge >= 0.3 is 0 Å². The Balaban J connectivity index is 2.27. The van der Waals surface area contributed by atoms with Gasteiger partial charge in [-0.05, 0) is 18.6 Å². The maximum atomic E-state index is 12.4. The van der Waals surface area contributed by atoms with E-state index in [-0.39, 0.29) is 16.7 Å². The zero-order valence-corrected chi connectivity index (χ0v) is 14.0. The molecule has 2 heterocycles. The second-order valence-electron chi connectivity index (χ2n) is 5.26. The Kier molecular flexibility index (Phi) is 5.50. The monoisotopic (exact) mass is 324 g/mol. The molecule has 2 fully saturated rings. The molecule has 4 nitrogen and oxygen atoms in total. The minimum absolute atomic E-state index is 0.100. The summed E-state index contributed by atoms with van der Waals surface area (Å²) in [5, 5.41) is -0.335. The quantitative estimate of drug-likeness (QED) is 0.833. The Bertz CT molecular complexity index is 394. The van der Waals surface area contributed by atoms with Gasteiger partial charge in [-0.15, -0.1) is 0 Å². The van der Waals surface area contributed by atoms with Crippen molar-refractivity contribution in [1.29, 1.82) is 0 Å². The van der Waals surface area contributed by atoms with Crippen molar-refractivity contribution >= 4 is 33.4 Å². The van der Waals surface area contributed by atoms with Crippen molar-refractivity contribution < 1.29 is 8.42 Å². The van der Waals surface area contributed by atoms with E-state index in [0.717, 1.165) is 30.9 Å². The van der Waals surface area contributed by atoms with Crippen molar-refractivity contribution in [2.45, 2.75) is 30.7 Å². The average molecular weight is 325 g/mol. The third-order valence-electron chi connectivity index (χ3n) is 4.19. The molecule has 19 heavy (non-hydrogen) atoms. The molecule has 0 bridgehead atoms. The maximum absolute atomic E-state index is 12.4. The molecule has 2 N–H and O–H groups in total. The largest absolute Gasteiger partial charge is 0.329 e. The van der Waals surface area contributed by atoms with E-state index in [4.69, 9.17) is 5.73 Å². The Morgan fingerprint density at radius 3 is 2.74 bits per heavy atom. The smallest absolute Gasteiger partial charge is 0.166 e. The fraction of sp³-hybridized carbons (Fsp3) is 1.00. The van der Waals surface area contributed by atoms with E-state index in [9.17, 15) is 8.42 Å². The maximum Gasteiger partial charge on any atom is 0.166 e. The van der Waals surface area contributed by atoms with Crippen LogP contribution < -0.4 is 5.73 Å². The molecule has 7 heteroatoms. The Morgan fingerprint density at radius 2 is 2.16 bits per heavy atom. The lowest BCUT2D eigenvalue weighted by molar-refractivity contribution is 0.0980. The summed E-state index contributed by atoms with van der Waals surface area (Å²) in [6.45, 7) is 3.17. The zero-order valence-electron chi connectivity index (χ0n) is 11.5. The van der Waals surface area contributed by atoms with Crippen LogP contribution in [-0.2, 0) is 9.84 Å². The van der Waals surface area contributed by atoms with Crippen LogP contribution in [0.1, 0.15) is 19.8 Å². The molecular formula is C12H24N2O2S3.